The number of hydrogen-bond acceptors (Lipinski definition) is 4. The number of para-hydroxylation sites is 1. The number of rotatable bonds is 3. The maximum atomic E-state index is 12.9. The number of aromatic nitrogens is 2. The third kappa shape index (κ3) is 4.31. The lowest BCUT2D eigenvalue weighted by atomic mass is 9.90. The monoisotopic (exact) mass is 424 g/mol. The Bertz CT molecular complexity index is 989. The molecule has 0 bridgehead atoms. The molecule has 1 saturated heterocycles. The molecule has 2 aliphatic heterocycles. The summed E-state index contributed by atoms with van der Waals surface area (Å²) >= 11 is 0. The van der Waals surface area contributed by atoms with Gasteiger partial charge in [-0.1, -0.05) is 18.2 Å². The Morgan fingerprint density at radius 1 is 1.13 bits per heavy atom. The van der Waals surface area contributed by atoms with Gasteiger partial charge >= 0.3 is 0 Å². The summed E-state index contributed by atoms with van der Waals surface area (Å²) in [6, 6.07) is 7.95. The largest absolute Gasteiger partial charge is 0.485 e. The molecule has 166 valence electrons. The second-order valence-electron chi connectivity index (χ2n) is 8.92. The number of aryl methyl sites for hydroxylation is 2. The quantitative estimate of drug-likeness (QED) is 0.760. The molecule has 0 saturated carbocycles. The van der Waals surface area contributed by atoms with Crippen molar-refractivity contribution in [1.82, 2.24) is 19.6 Å². The van der Waals surface area contributed by atoms with Gasteiger partial charge in [0.05, 0.1) is 12.2 Å². The topological polar surface area (TPSA) is 67.7 Å². The Morgan fingerprint density at radius 2 is 1.84 bits per heavy atom. The van der Waals surface area contributed by atoms with Crippen molar-refractivity contribution in [3.8, 4) is 5.75 Å². The number of likely N-dealkylation sites (tertiary alicyclic amines) is 1. The van der Waals surface area contributed by atoms with E-state index in [2.05, 4.69) is 5.10 Å². The summed E-state index contributed by atoms with van der Waals surface area (Å²) < 4.78 is 8.39. The third-order valence-electron chi connectivity index (χ3n) is 6.86. The maximum Gasteiger partial charge on any atom is 0.222 e. The van der Waals surface area contributed by atoms with Gasteiger partial charge in [-0.2, -0.15) is 5.10 Å². The predicted octanol–water partition coefficient (Wildman–Crippen LogP) is 2.77. The Hall–Kier alpha value is -2.83. The molecule has 4 rings (SSSR count). The summed E-state index contributed by atoms with van der Waals surface area (Å²) in [4.78, 5) is 29.0. The van der Waals surface area contributed by atoms with Gasteiger partial charge in [-0.15, -0.1) is 0 Å². The first-order valence-electron chi connectivity index (χ1n) is 11.1. The van der Waals surface area contributed by atoms with Gasteiger partial charge in [0.2, 0.25) is 11.8 Å². The number of nitrogens with zero attached hydrogens (tertiary/aromatic N) is 4. The number of ether oxygens (including phenoxy) is 1. The standard InChI is InChI=1S/C24H32N4O3/c1-17-21(18(2)26(4)25-17)9-10-23(30)27-13-11-24(12-14-27)16-28(19(3)29)15-20-7-5-6-8-22(20)31-24/h5-8H,9-16H2,1-4H3. The highest BCUT2D eigenvalue weighted by Crippen LogP contribution is 2.35. The molecule has 1 spiro atoms. The number of carbonyl (C=O) groups is 2. The van der Waals surface area contributed by atoms with E-state index in [1.54, 1.807) is 6.92 Å². The van der Waals surface area contributed by atoms with Crippen LogP contribution in [-0.4, -0.2) is 56.6 Å². The molecule has 3 heterocycles. The first kappa shape index (κ1) is 21.4. The van der Waals surface area contributed by atoms with Gasteiger partial charge in [0.25, 0.3) is 0 Å². The molecule has 1 aromatic carbocycles. The molecule has 2 amide bonds. The minimum absolute atomic E-state index is 0.0559. The Kier molecular flexibility index (Phi) is 5.77. The van der Waals surface area contributed by atoms with E-state index >= 15 is 0 Å². The molecule has 7 nitrogen and oxygen atoms in total. The number of fused-ring (bicyclic) bond motifs is 1. The van der Waals surface area contributed by atoms with Crippen molar-refractivity contribution in [1.29, 1.82) is 0 Å². The fourth-order valence-electron chi connectivity index (χ4n) is 4.82. The van der Waals surface area contributed by atoms with Crippen molar-refractivity contribution in [2.45, 2.75) is 58.6 Å². The molecule has 0 aliphatic carbocycles. The average Bonchev–Trinajstić information content (AvgIpc) is 2.89. The van der Waals surface area contributed by atoms with Gasteiger partial charge in [0.1, 0.15) is 11.4 Å². The zero-order valence-electron chi connectivity index (χ0n) is 19.0. The number of carbonyl (C=O) groups excluding carboxylic acids is 2. The van der Waals surface area contributed by atoms with E-state index in [1.165, 1.54) is 5.56 Å². The first-order chi connectivity index (χ1) is 14.8. The molecule has 1 aromatic heterocycles. The summed E-state index contributed by atoms with van der Waals surface area (Å²) in [7, 11) is 1.94. The summed E-state index contributed by atoms with van der Waals surface area (Å²) in [5.41, 5.74) is 3.89. The lowest BCUT2D eigenvalue weighted by Crippen LogP contribution is -2.55. The highest BCUT2D eigenvalue weighted by Gasteiger charge is 2.42. The zero-order valence-corrected chi connectivity index (χ0v) is 19.0. The van der Waals surface area contributed by atoms with Crippen molar-refractivity contribution >= 4 is 11.8 Å². The van der Waals surface area contributed by atoms with Crippen LogP contribution >= 0.6 is 0 Å². The minimum Gasteiger partial charge on any atom is -0.485 e. The fraction of sp³-hybridized carbons (Fsp3) is 0.542. The van der Waals surface area contributed by atoms with Gasteiger partial charge in [0, 0.05) is 64.1 Å². The van der Waals surface area contributed by atoms with E-state index in [-0.39, 0.29) is 11.8 Å². The molecule has 2 aliphatic rings. The van der Waals surface area contributed by atoms with Crippen molar-refractivity contribution in [2.24, 2.45) is 7.05 Å². The molecule has 1 fully saturated rings. The summed E-state index contributed by atoms with van der Waals surface area (Å²) in [5, 5.41) is 4.45. The Balaban J connectivity index is 1.42. The Morgan fingerprint density at radius 3 is 2.48 bits per heavy atom. The van der Waals surface area contributed by atoms with E-state index in [9.17, 15) is 9.59 Å². The normalized spacial score (nSPS) is 17.8. The van der Waals surface area contributed by atoms with Crippen LogP contribution in [0, 0.1) is 13.8 Å². The maximum absolute atomic E-state index is 12.9. The average molecular weight is 425 g/mol. The molecule has 0 unspecified atom stereocenters. The van der Waals surface area contributed by atoms with Gasteiger partial charge < -0.3 is 14.5 Å². The van der Waals surface area contributed by atoms with Crippen molar-refractivity contribution in [3.63, 3.8) is 0 Å². The van der Waals surface area contributed by atoms with Gasteiger partial charge in [-0.25, -0.2) is 0 Å². The highest BCUT2D eigenvalue weighted by molar-refractivity contribution is 5.77. The van der Waals surface area contributed by atoms with E-state index in [0.29, 0.717) is 39.0 Å². The summed E-state index contributed by atoms with van der Waals surface area (Å²) in [5.74, 6) is 1.09. The molecule has 7 heteroatoms. The second-order valence-corrected chi connectivity index (χ2v) is 8.92. The molecular formula is C24H32N4O3. The van der Waals surface area contributed by atoms with E-state index < -0.39 is 5.60 Å². The van der Waals surface area contributed by atoms with Crippen LogP contribution in [0.1, 0.15) is 48.7 Å². The van der Waals surface area contributed by atoms with Crippen molar-refractivity contribution in [3.05, 3.63) is 46.8 Å². The third-order valence-corrected chi connectivity index (χ3v) is 6.86. The zero-order chi connectivity index (χ0) is 22.2. The molecule has 0 N–H and O–H groups in total. The van der Waals surface area contributed by atoms with Crippen molar-refractivity contribution < 1.29 is 14.3 Å². The first-order valence-corrected chi connectivity index (χ1v) is 11.1. The second kappa shape index (κ2) is 8.36. The lowest BCUT2D eigenvalue weighted by Gasteiger charge is -2.42. The molecule has 31 heavy (non-hydrogen) atoms. The fourth-order valence-corrected chi connectivity index (χ4v) is 4.82. The smallest absolute Gasteiger partial charge is 0.222 e. The van der Waals surface area contributed by atoms with Crippen LogP contribution in [0.25, 0.3) is 0 Å². The van der Waals surface area contributed by atoms with E-state index in [0.717, 1.165) is 35.5 Å². The number of hydrogen-bond donors (Lipinski definition) is 0. The molecular weight excluding hydrogens is 392 g/mol. The van der Waals surface area contributed by atoms with Crippen LogP contribution < -0.4 is 4.74 Å². The van der Waals surface area contributed by atoms with E-state index in [1.807, 2.05) is 59.6 Å². The summed E-state index contributed by atoms with van der Waals surface area (Å²) in [6.07, 6.45) is 2.65. The lowest BCUT2D eigenvalue weighted by molar-refractivity contribution is -0.138. The summed E-state index contributed by atoms with van der Waals surface area (Å²) in [6.45, 7) is 8.09. The predicted molar refractivity (Wildman–Crippen MR) is 118 cm³/mol. The SMILES string of the molecule is CC(=O)N1Cc2ccccc2OC2(CCN(C(=O)CCc3c(C)nn(C)c3C)CC2)C1. The molecule has 2 aromatic rings. The highest BCUT2D eigenvalue weighted by atomic mass is 16.5. The Labute approximate surface area is 184 Å². The van der Waals surface area contributed by atoms with Crippen LogP contribution in [0.3, 0.4) is 0 Å². The number of piperidine rings is 1. The van der Waals surface area contributed by atoms with Gasteiger partial charge in [-0.05, 0) is 31.9 Å². The van der Waals surface area contributed by atoms with Gasteiger partial charge in [-0.3, -0.25) is 14.3 Å². The molecule has 0 radical (unpaired) electrons. The van der Waals surface area contributed by atoms with Crippen LogP contribution in [0.2, 0.25) is 0 Å². The van der Waals surface area contributed by atoms with Crippen LogP contribution in [0.5, 0.6) is 5.75 Å². The number of amides is 2. The van der Waals surface area contributed by atoms with E-state index in [4.69, 9.17) is 4.74 Å². The van der Waals surface area contributed by atoms with Crippen LogP contribution in [-0.2, 0) is 29.6 Å². The van der Waals surface area contributed by atoms with Crippen LogP contribution in [0.4, 0.5) is 0 Å². The minimum atomic E-state index is -0.439. The number of benzene rings is 1. The van der Waals surface area contributed by atoms with Crippen LogP contribution in [0.15, 0.2) is 24.3 Å². The van der Waals surface area contributed by atoms with Gasteiger partial charge in [0.15, 0.2) is 0 Å². The van der Waals surface area contributed by atoms with Crippen molar-refractivity contribution in [2.75, 3.05) is 19.6 Å². The molecule has 0 atom stereocenters.